The summed E-state index contributed by atoms with van der Waals surface area (Å²) in [6.45, 7) is 1.85. The van der Waals surface area contributed by atoms with E-state index in [1.165, 1.54) is 6.33 Å². The molecule has 0 amide bonds. The standard InChI is InChI=1S/C17H13BrClN5O2/c1-10-8-12(19)4-7-14(10)23-17-15(24(25)26)16(20-9-21-17)22-13-5-2-11(18)3-6-13/h2-9H,1H3,(H2,20,21,22,23). The molecule has 26 heavy (non-hydrogen) atoms. The Balaban J connectivity index is 1.98. The van der Waals surface area contributed by atoms with E-state index in [2.05, 4.69) is 36.5 Å². The summed E-state index contributed by atoms with van der Waals surface area (Å²) >= 11 is 9.30. The number of nitrogens with zero attached hydrogens (tertiary/aromatic N) is 3. The van der Waals surface area contributed by atoms with Crippen molar-refractivity contribution in [1.29, 1.82) is 0 Å². The fraction of sp³-hybridized carbons (Fsp3) is 0.0588. The molecule has 3 rings (SSSR count). The van der Waals surface area contributed by atoms with Crippen molar-refractivity contribution in [1.82, 2.24) is 9.97 Å². The minimum atomic E-state index is -0.519. The zero-order chi connectivity index (χ0) is 18.7. The van der Waals surface area contributed by atoms with Gasteiger partial charge in [-0.3, -0.25) is 10.1 Å². The van der Waals surface area contributed by atoms with Gasteiger partial charge in [-0.05, 0) is 55.0 Å². The van der Waals surface area contributed by atoms with Gasteiger partial charge in [0.25, 0.3) is 0 Å². The molecule has 9 heteroatoms. The number of nitro groups is 1. The number of anilines is 4. The summed E-state index contributed by atoms with van der Waals surface area (Å²) in [5.41, 5.74) is 1.94. The average Bonchev–Trinajstić information content (AvgIpc) is 2.59. The van der Waals surface area contributed by atoms with Crippen molar-refractivity contribution in [3.8, 4) is 0 Å². The molecule has 1 heterocycles. The first-order valence-corrected chi connectivity index (χ1v) is 8.66. The van der Waals surface area contributed by atoms with Crippen LogP contribution in [0.1, 0.15) is 5.56 Å². The molecule has 0 radical (unpaired) electrons. The highest BCUT2D eigenvalue weighted by Gasteiger charge is 2.23. The molecular formula is C17H13BrClN5O2. The monoisotopic (exact) mass is 433 g/mol. The molecule has 3 aromatic rings. The predicted molar refractivity (Wildman–Crippen MR) is 106 cm³/mol. The lowest BCUT2D eigenvalue weighted by Gasteiger charge is -2.12. The highest BCUT2D eigenvalue weighted by Crippen LogP contribution is 2.34. The predicted octanol–water partition coefficient (Wildman–Crippen LogP) is 5.60. The molecule has 0 bridgehead atoms. The van der Waals surface area contributed by atoms with Gasteiger partial charge in [0.05, 0.1) is 4.92 Å². The summed E-state index contributed by atoms with van der Waals surface area (Å²) in [7, 11) is 0. The largest absolute Gasteiger partial charge is 0.353 e. The summed E-state index contributed by atoms with van der Waals surface area (Å²) in [5, 5.41) is 18.2. The Kier molecular flexibility index (Phi) is 5.34. The normalized spacial score (nSPS) is 10.4. The Bertz CT molecular complexity index is 966. The number of halogens is 2. The molecule has 0 aliphatic rings. The van der Waals surface area contributed by atoms with Crippen molar-refractivity contribution in [3.05, 3.63) is 74.0 Å². The van der Waals surface area contributed by atoms with Gasteiger partial charge in [0.1, 0.15) is 6.33 Å². The maximum absolute atomic E-state index is 11.6. The fourth-order valence-corrected chi connectivity index (χ4v) is 2.79. The van der Waals surface area contributed by atoms with E-state index in [-0.39, 0.29) is 17.3 Å². The molecule has 0 saturated heterocycles. The molecule has 0 spiro atoms. The van der Waals surface area contributed by atoms with E-state index >= 15 is 0 Å². The van der Waals surface area contributed by atoms with Crippen molar-refractivity contribution in [2.75, 3.05) is 10.6 Å². The Hall–Kier alpha value is -2.71. The van der Waals surface area contributed by atoms with Crippen LogP contribution >= 0.6 is 27.5 Å². The summed E-state index contributed by atoms with van der Waals surface area (Å²) in [4.78, 5) is 19.2. The van der Waals surface area contributed by atoms with Crippen molar-refractivity contribution in [2.24, 2.45) is 0 Å². The average molecular weight is 435 g/mol. The van der Waals surface area contributed by atoms with Crippen LogP contribution in [0.2, 0.25) is 5.02 Å². The van der Waals surface area contributed by atoms with E-state index < -0.39 is 4.92 Å². The van der Waals surface area contributed by atoms with E-state index in [1.807, 2.05) is 19.1 Å². The quantitative estimate of drug-likeness (QED) is 0.401. The van der Waals surface area contributed by atoms with E-state index in [9.17, 15) is 10.1 Å². The van der Waals surface area contributed by atoms with Gasteiger partial charge in [-0.25, -0.2) is 9.97 Å². The van der Waals surface area contributed by atoms with Gasteiger partial charge in [0.15, 0.2) is 0 Å². The molecule has 132 valence electrons. The molecule has 0 atom stereocenters. The zero-order valence-electron chi connectivity index (χ0n) is 13.5. The van der Waals surface area contributed by atoms with Crippen LogP contribution in [0.3, 0.4) is 0 Å². The molecule has 1 aromatic heterocycles. The summed E-state index contributed by atoms with van der Waals surface area (Å²) in [6, 6.07) is 12.4. The number of aryl methyl sites for hydroxylation is 1. The number of benzene rings is 2. The van der Waals surface area contributed by atoms with Gasteiger partial charge in [-0.15, -0.1) is 0 Å². The van der Waals surface area contributed by atoms with Crippen molar-refractivity contribution in [3.63, 3.8) is 0 Å². The van der Waals surface area contributed by atoms with Crippen molar-refractivity contribution < 1.29 is 4.92 Å². The highest BCUT2D eigenvalue weighted by molar-refractivity contribution is 9.10. The van der Waals surface area contributed by atoms with E-state index in [0.717, 1.165) is 10.0 Å². The lowest BCUT2D eigenvalue weighted by atomic mass is 10.2. The number of rotatable bonds is 5. The van der Waals surface area contributed by atoms with E-state index in [1.54, 1.807) is 30.3 Å². The second kappa shape index (κ2) is 7.67. The lowest BCUT2D eigenvalue weighted by molar-refractivity contribution is -0.383. The smallest absolute Gasteiger partial charge is 0.334 e. The van der Waals surface area contributed by atoms with Crippen LogP contribution in [-0.2, 0) is 0 Å². The number of hydrogen-bond donors (Lipinski definition) is 2. The van der Waals surface area contributed by atoms with Gasteiger partial charge in [-0.2, -0.15) is 0 Å². The number of nitrogens with one attached hydrogen (secondary N) is 2. The molecule has 0 aliphatic carbocycles. The summed E-state index contributed by atoms with van der Waals surface area (Å²) < 4.78 is 0.904. The molecule has 0 fully saturated rings. The maximum Gasteiger partial charge on any atom is 0.353 e. The van der Waals surface area contributed by atoms with Gasteiger partial charge in [-0.1, -0.05) is 27.5 Å². The van der Waals surface area contributed by atoms with Gasteiger partial charge in [0.2, 0.25) is 11.6 Å². The Morgan fingerprint density at radius 2 is 1.73 bits per heavy atom. The summed E-state index contributed by atoms with van der Waals surface area (Å²) in [6.07, 6.45) is 1.27. The van der Waals surface area contributed by atoms with Gasteiger partial charge >= 0.3 is 5.69 Å². The molecule has 2 aromatic carbocycles. The minimum absolute atomic E-state index is 0.0926. The maximum atomic E-state index is 11.6. The minimum Gasteiger partial charge on any atom is -0.334 e. The molecule has 0 unspecified atom stereocenters. The SMILES string of the molecule is Cc1cc(Cl)ccc1Nc1ncnc(Nc2ccc(Br)cc2)c1[N+](=O)[O-]. The third kappa shape index (κ3) is 4.09. The van der Waals surface area contributed by atoms with Crippen LogP contribution < -0.4 is 10.6 Å². The second-order valence-electron chi connectivity index (χ2n) is 5.39. The van der Waals surface area contributed by atoms with Crippen LogP contribution in [0, 0.1) is 17.0 Å². The van der Waals surface area contributed by atoms with Crippen LogP contribution in [0.5, 0.6) is 0 Å². The first kappa shape index (κ1) is 18.1. The number of aromatic nitrogens is 2. The van der Waals surface area contributed by atoms with Gasteiger partial charge in [0, 0.05) is 20.9 Å². The summed E-state index contributed by atoms with van der Waals surface area (Å²) in [5.74, 6) is 0.191. The van der Waals surface area contributed by atoms with Crippen LogP contribution in [-0.4, -0.2) is 14.9 Å². The molecule has 7 nitrogen and oxygen atoms in total. The van der Waals surface area contributed by atoms with Crippen molar-refractivity contribution >= 4 is 56.2 Å². The van der Waals surface area contributed by atoms with Crippen LogP contribution in [0.25, 0.3) is 0 Å². The Morgan fingerprint density at radius 1 is 1.08 bits per heavy atom. The van der Waals surface area contributed by atoms with Crippen LogP contribution in [0.4, 0.5) is 28.7 Å². The third-order valence-corrected chi connectivity index (χ3v) is 4.32. The van der Waals surface area contributed by atoms with Crippen LogP contribution in [0.15, 0.2) is 53.3 Å². The first-order valence-electron chi connectivity index (χ1n) is 7.49. The van der Waals surface area contributed by atoms with E-state index in [0.29, 0.717) is 16.4 Å². The van der Waals surface area contributed by atoms with Crippen molar-refractivity contribution in [2.45, 2.75) is 6.92 Å². The topological polar surface area (TPSA) is 93.0 Å². The van der Waals surface area contributed by atoms with E-state index in [4.69, 9.17) is 11.6 Å². The Labute approximate surface area is 162 Å². The van der Waals surface area contributed by atoms with Gasteiger partial charge < -0.3 is 10.6 Å². The Morgan fingerprint density at radius 3 is 2.35 bits per heavy atom. The lowest BCUT2D eigenvalue weighted by Crippen LogP contribution is -2.06. The molecular weight excluding hydrogens is 422 g/mol. The zero-order valence-corrected chi connectivity index (χ0v) is 15.9. The molecule has 0 saturated carbocycles. The molecule has 2 N–H and O–H groups in total. The second-order valence-corrected chi connectivity index (χ2v) is 6.74. The first-order chi connectivity index (χ1) is 12.4. The third-order valence-electron chi connectivity index (χ3n) is 3.55. The highest BCUT2D eigenvalue weighted by atomic mass is 79.9. The molecule has 0 aliphatic heterocycles. The number of hydrogen-bond acceptors (Lipinski definition) is 6. The fourth-order valence-electron chi connectivity index (χ4n) is 2.30.